The normalized spacial score (nSPS) is 10.5. The van der Waals surface area contributed by atoms with Crippen LogP contribution in [-0.2, 0) is 6.42 Å². The first-order chi connectivity index (χ1) is 13.3. The van der Waals surface area contributed by atoms with Crippen molar-refractivity contribution in [3.8, 4) is 22.6 Å². The van der Waals surface area contributed by atoms with E-state index in [9.17, 15) is 4.79 Å². The van der Waals surface area contributed by atoms with Gasteiger partial charge in [0.05, 0.1) is 12.1 Å². The van der Waals surface area contributed by atoms with E-state index in [2.05, 4.69) is 10.2 Å². The van der Waals surface area contributed by atoms with Crippen LogP contribution in [0, 0.1) is 0 Å². The van der Waals surface area contributed by atoms with Crippen LogP contribution in [-0.4, -0.2) is 21.0 Å². The minimum absolute atomic E-state index is 0.00675. The van der Waals surface area contributed by atoms with Gasteiger partial charge < -0.3 is 0 Å². The van der Waals surface area contributed by atoms with E-state index in [4.69, 9.17) is 4.98 Å². The smallest absolute Gasteiger partial charge is 0.182 e. The quantitative estimate of drug-likeness (QED) is 0.492. The molecule has 130 valence electrons. The minimum atomic E-state index is 0.00675. The van der Waals surface area contributed by atoms with E-state index in [0.29, 0.717) is 22.8 Å². The van der Waals surface area contributed by atoms with Crippen LogP contribution in [0.5, 0.6) is 0 Å². The average Bonchev–Trinajstić information content (AvgIpc) is 2.75. The summed E-state index contributed by atoms with van der Waals surface area (Å²) in [5.74, 6) is 0.526. The molecule has 0 saturated heterocycles. The molecule has 0 amide bonds. The van der Waals surface area contributed by atoms with Gasteiger partial charge in [-0.3, -0.25) is 4.79 Å². The number of nitrogens with zero attached hydrogens (tertiary/aromatic N) is 3. The topological polar surface area (TPSA) is 55.7 Å². The number of carbonyl (C=O) groups excluding carboxylic acids is 1. The highest BCUT2D eigenvalue weighted by atomic mass is 16.1. The Morgan fingerprint density at radius 1 is 0.667 bits per heavy atom. The number of benzene rings is 3. The van der Waals surface area contributed by atoms with Crippen LogP contribution in [0.2, 0.25) is 0 Å². The Bertz CT molecular complexity index is 1050. The summed E-state index contributed by atoms with van der Waals surface area (Å²) in [6.07, 6.45) is 0.170. The third-order valence-corrected chi connectivity index (χ3v) is 4.26. The number of hydrogen-bond acceptors (Lipinski definition) is 4. The summed E-state index contributed by atoms with van der Waals surface area (Å²) in [6.45, 7) is 0. The molecule has 4 heteroatoms. The first kappa shape index (κ1) is 16.8. The first-order valence-electron chi connectivity index (χ1n) is 8.74. The van der Waals surface area contributed by atoms with Crippen LogP contribution in [0.4, 0.5) is 0 Å². The Kier molecular flexibility index (Phi) is 4.79. The Hall–Kier alpha value is -3.66. The Morgan fingerprint density at radius 2 is 1.22 bits per heavy atom. The zero-order valence-electron chi connectivity index (χ0n) is 14.6. The molecule has 0 aliphatic heterocycles. The van der Waals surface area contributed by atoms with Gasteiger partial charge in [-0.2, -0.15) is 0 Å². The summed E-state index contributed by atoms with van der Waals surface area (Å²) in [6, 6.07) is 28.6. The lowest BCUT2D eigenvalue weighted by atomic mass is 10.0. The van der Waals surface area contributed by atoms with Crippen molar-refractivity contribution in [2.24, 2.45) is 0 Å². The van der Waals surface area contributed by atoms with Gasteiger partial charge in [0, 0.05) is 16.7 Å². The number of rotatable bonds is 5. The van der Waals surface area contributed by atoms with E-state index in [-0.39, 0.29) is 12.2 Å². The van der Waals surface area contributed by atoms with E-state index >= 15 is 0 Å². The van der Waals surface area contributed by atoms with E-state index < -0.39 is 0 Å². The van der Waals surface area contributed by atoms with Gasteiger partial charge in [-0.15, -0.1) is 10.2 Å². The maximum atomic E-state index is 12.8. The molecule has 0 spiro atoms. The van der Waals surface area contributed by atoms with Crippen LogP contribution in [0.15, 0.2) is 91.0 Å². The number of Topliss-reactive ketones (excluding diaryl/α,β-unsaturated/α-hetero) is 1. The van der Waals surface area contributed by atoms with Crippen molar-refractivity contribution in [3.05, 3.63) is 102 Å². The Balaban J connectivity index is 1.77. The van der Waals surface area contributed by atoms with Gasteiger partial charge in [0.1, 0.15) is 5.69 Å². The molecule has 0 aliphatic carbocycles. The summed E-state index contributed by atoms with van der Waals surface area (Å²) < 4.78 is 0. The van der Waals surface area contributed by atoms with Crippen LogP contribution < -0.4 is 0 Å². The molecule has 4 nitrogen and oxygen atoms in total. The summed E-state index contributed by atoms with van der Waals surface area (Å²) >= 11 is 0. The zero-order chi connectivity index (χ0) is 18.5. The highest BCUT2D eigenvalue weighted by Gasteiger charge is 2.16. The fourth-order valence-electron chi connectivity index (χ4n) is 2.89. The van der Waals surface area contributed by atoms with Crippen molar-refractivity contribution in [1.82, 2.24) is 15.2 Å². The Labute approximate surface area is 157 Å². The van der Waals surface area contributed by atoms with Gasteiger partial charge in [0.15, 0.2) is 11.6 Å². The van der Waals surface area contributed by atoms with E-state index in [0.717, 1.165) is 11.1 Å². The maximum absolute atomic E-state index is 12.8. The summed E-state index contributed by atoms with van der Waals surface area (Å²) in [5.41, 5.74) is 3.70. The number of hydrogen-bond donors (Lipinski definition) is 0. The van der Waals surface area contributed by atoms with E-state index in [1.165, 1.54) is 0 Å². The predicted octanol–water partition coefficient (Wildman–Crippen LogP) is 4.63. The fourth-order valence-corrected chi connectivity index (χ4v) is 2.89. The van der Waals surface area contributed by atoms with E-state index in [1.54, 1.807) is 0 Å². The molecule has 0 atom stereocenters. The molecule has 27 heavy (non-hydrogen) atoms. The van der Waals surface area contributed by atoms with E-state index in [1.807, 2.05) is 91.0 Å². The molecule has 3 aromatic carbocycles. The van der Waals surface area contributed by atoms with Gasteiger partial charge in [-0.1, -0.05) is 91.0 Å². The van der Waals surface area contributed by atoms with Crippen molar-refractivity contribution in [2.75, 3.05) is 0 Å². The van der Waals surface area contributed by atoms with Crippen LogP contribution in [0.3, 0.4) is 0 Å². The summed E-state index contributed by atoms with van der Waals surface area (Å²) in [4.78, 5) is 17.4. The second-order valence-corrected chi connectivity index (χ2v) is 6.13. The molecule has 4 rings (SSSR count). The molecule has 0 aliphatic rings. The fraction of sp³-hybridized carbons (Fsp3) is 0.0435. The molecule has 1 aromatic heterocycles. The van der Waals surface area contributed by atoms with Crippen molar-refractivity contribution < 1.29 is 4.79 Å². The van der Waals surface area contributed by atoms with Gasteiger partial charge in [0.2, 0.25) is 0 Å². The lowest BCUT2D eigenvalue weighted by molar-refractivity contribution is 0.0992. The standard InChI is InChI=1S/C23H17N3O/c27-21(17-10-4-1-5-11-17)16-20-22(18-12-6-2-7-13-18)25-26-23(24-20)19-14-8-3-9-15-19/h1-15H,16H2. The third kappa shape index (κ3) is 3.80. The molecule has 0 saturated carbocycles. The largest absolute Gasteiger partial charge is 0.294 e. The number of ketones is 1. The van der Waals surface area contributed by atoms with Crippen LogP contribution in [0.1, 0.15) is 16.1 Å². The molecule has 0 unspecified atom stereocenters. The van der Waals surface area contributed by atoms with Crippen molar-refractivity contribution in [2.45, 2.75) is 6.42 Å². The second kappa shape index (κ2) is 7.70. The lowest BCUT2D eigenvalue weighted by Crippen LogP contribution is -2.09. The van der Waals surface area contributed by atoms with Crippen LogP contribution in [0.25, 0.3) is 22.6 Å². The highest BCUT2D eigenvalue weighted by molar-refractivity contribution is 5.98. The lowest BCUT2D eigenvalue weighted by Gasteiger charge is -2.09. The zero-order valence-corrected chi connectivity index (χ0v) is 14.6. The Morgan fingerprint density at radius 3 is 1.85 bits per heavy atom. The number of carbonyl (C=O) groups is 1. The van der Waals surface area contributed by atoms with Gasteiger partial charge in [0.25, 0.3) is 0 Å². The third-order valence-electron chi connectivity index (χ3n) is 4.26. The molecule has 0 N–H and O–H groups in total. The van der Waals surface area contributed by atoms with Crippen molar-refractivity contribution >= 4 is 5.78 Å². The summed E-state index contributed by atoms with van der Waals surface area (Å²) in [7, 11) is 0. The van der Waals surface area contributed by atoms with Crippen molar-refractivity contribution in [1.29, 1.82) is 0 Å². The molecular formula is C23H17N3O. The maximum Gasteiger partial charge on any atom is 0.182 e. The second-order valence-electron chi connectivity index (χ2n) is 6.13. The predicted molar refractivity (Wildman–Crippen MR) is 105 cm³/mol. The molecule has 0 fully saturated rings. The van der Waals surface area contributed by atoms with Gasteiger partial charge in [-0.05, 0) is 0 Å². The average molecular weight is 351 g/mol. The minimum Gasteiger partial charge on any atom is -0.294 e. The first-order valence-corrected chi connectivity index (χ1v) is 8.74. The molecule has 1 heterocycles. The molecular weight excluding hydrogens is 334 g/mol. The SMILES string of the molecule is O=C(Cc1nc(-c2ccccc2)nnc1-c1ccccc1)c1ccccc1. The monoisotopic (exact) mass is 351 g/mol. The van der Waals surface area contributed by atoms with Crippen LogP contribution >= 0.6 is 0 Å². The highest BCUT2D eigenvalue weighted by Crippen LogP contribution is 2.23. The molecule has 0 bridgehead atoms. The molecule has 4 aromatic rings. The van der Waals surface area contributed by atoms with Crippen molar-refractivity contribution in [3.63, 3.8) is 0 Å². The van der Waals surface area contributed by atoms with Gasteiger partial charge >= 0.3 is 0 Å². The van der Waals surface area contributed by atoms with Gasteiger partial charge in [-0.25, -0.2) is 4.98 Å². The summed E-state index contributed by atoms with van der Waals surface area (Å²) in [5, 5.41) is 8.70. The number of aromatic nitrogens is 3. The molecule has 0 radical (unpaired) electrons.